The van der Waals surface area contributed by atoms with Crippen molar-refractivity contribution in [1.82, 2.24) is 10.2 Å². The Morgan fingerprint density at radius 1 is 1.43 bits per heavy atom. The Morgan fingerprint density at radius 2 is 2.22 bits per heavy atom. The summed E-state index contributed by atoms with van der Waals surface area (Å²) < 4.78 is 23.8. The average Bonchev–Trinajstić information content (AvgIpc) is 3.05. The van der Waals surface area contributed by atoms with Crippen LogP contribution in [0.1, 0.15) is 12.8 Å². The minimum absolute atomic E-state index is 0.251. The molecule has 1 atom stereocenters. The number of rotatable bonds is 7. The maximum atomic E-state index is 12.8. The van der Waals surface area contributed by atoms with E-state index in [1.165, 1.54) is 12.1 Å². The molecule has 6 heteroatoms. The van der Waals surface area contributed by atoms with Crippen molar-refractivity contribution in [2.45, 2.75) is 12.8 Å². The molecule has 128 valence electrons. The van der Waals surface area contributed by atoms with Gasteiger partial charge in [0.1, 0.15) is 11.6 Å². The molecule has 0 aliphatic carbocycles. The van der Waals surface area contributed by atoms with Crippen LogP contribution in [0.5, 0.6) is 5.75 Å². The summed E-state index contributed by atoms with van der Waals surface area (Å²) in [6.07, 6.45) is 1.96. The summed E-state index contributed by atoms with van der Waals surface area (Å²) in [5, 5.41) is 3.33. The summed E-state index contributed by atoms with van der Waals surface area (Å²) in [6, 6.07) is 6.08. The summed E-state index contributed by atoms with van der Waals surface area (Å²) in [4.78, 5) is 6.44. The lowest BCUT2D eigenvalue weighted by molar-refractivity contribution is 0.181. The Kier molecular flexibility index (Phi) is 7.13. The number of benzene rings is 1. The zero-order chi connectivity index (χ0) is 16.5. The molecule has 0 radical (unpaired) electrons. The zero-order valence-electron chi connectivity index (χ0n) is 13.9. The molecule has 1 aromatic rings. The van der Waals surface area contributed by atoms with Crippen LogP contribution in [-0.2, 0) is 4.74 Å². The van der Waals surface area contributed by atoms with Crippen molar-refractivity contribution in [3.8, 4) is 5.75 Å². The predicted molar refractivity (Wildman–Crippen MR) is 89.4 cm³/mol. The first-order valence-electron chi connectivity index (χ1n) is 8.07. The SMILES string of the molecule is CN=C(NCCCOc1ccc(F)cc1)N(C)CC1CCOC1. The lowest BCUT2D eigenvalue weighted by atomic mass is 10.1. The number of hydrogen-bond donors (Lipinski definition) is 1. The molecule has 0 saturated carbocycles. The predicted octanol–water partition coefficient (Wildman–Crippen LogP) is 2.14. The summed E-state index contributed by atoms with van der Waals surface area (Å²) >= 11 is 0. The molecule has 0 bridgehead atoms. The molecule has 1 heterocycles. The van der Waals surface area contributed by atoms with Crippen LogP contribution < -0.4 is 10.1 Å². The number of nitrogens with one attached hydrogen (secondary N) is 1. The van der Waals surface area contributed by atoms with Gasteiger partial charge in [-0.25, -0.2) is 4.39 Å². The smallest absolute Gasteiger partial charge is 0.193 e. The van der Waals surface area contributed by atoms with Crippen molar-refractivity contribution >= 4 is 5.96 Å². The van der Waals surface area contributed by atoms with Crippen LogP contribution in [-0.4, -0.2) is 57.9 Å². The van der Waals surface area contributed by atoms with Crippen molar-refractivity contribution < 1.29 is 13.9 Å². The van der Waals surface area contributed by atoms with Gasteiger partial charge < -0.3 is 19.7 Å². The second-order valence-electron chi connectivity index (χ2n) is 5.74. The molecule has 5 nitrogen and oxygen atoms in total. The summed E-state index contributed by atoms with van der Waals surface area (Å²) in [5.41, 5.74) is 0. The second kappa shape index (κ2) is 9.35. The summed E-state index contributed by atoms with van der Waals surface area (Å²) in [7, 11) is 3.83. The van der Waals surface area contributed by atoms with Gasteiger partial charge in [0, 0.05) is 39.7 Å². The van der Waals surface area contributed by atoms with Crippen LogP contribution in [0.15, 0.2) is 29.3 Å². The maximum absolute atomic E-state index is 12.8. The molecule has 1 aliphatic rings. The van der Waals surface area contributed by atoms with Crippen molar-refractivity contribution in [3.05, 3.63) is 30.1 Å². The number of hydrogen-bond acceptors (Lipinski definition) is 3. The van der Waals surface area contributed by atoms with Crippen LogP contribution in [0.3, 0.4) is 0 Å². The number of nitrogens with zero attached hydrogens (tertiary/aromatic N) is 2. The molecule has 0 spiro atoms. The Labute approximate surface area is 137 Å². The van der Waals surface area contributed by atoms with Crippen molar-refractivity contribution in [2.24, 2.45) is 10.9 Å². The molecule has 1 N–H and O–H groups in total. The van der Waals surface area contributed by atoms with Gasteiger partial charge in [0.2, 0.25) is 0 Å². The largest absolute Gasteiger partial charge is 0.494 e. The highest BCUT2D eigenvalue weighted by molar-refractivity contribution is 5.79. The second-order valence-corrected chi connectivity index (χ2v) is 5.74. The molecular weight excluding hydrogens is 297 g/mol. The third kappa shape index (κ3) is 6.06. The van der Waals surface area contributed by atoms with Crippen LogP contribution in [0.4, 0.5) is 4.39 Å². The highest BCUT2D eigenvalue weighted by Crippen LogP contribution is 2.13. The van der Waals surface area contributed by atoms with E-state index < -0.39 is 0 Å². The Hall–Kier alpha value is -1.82. The molecule has 0 amide bonds. The third-order valence-corrected chi connectivity index (χ3v) is 3.82. The van der Waals surface area contributed by atoms with Gasteiger partial charge in [-0.3, -0.25) is 4.99 Å². The molecule has 1 saturated heterocycles. The fraction of sp³-hybridized carbons (Fsp3) is 0.588. The fourth-order valence-corrected chi connectivity index (χ4v) is 2.58. The fourth-order valence-electron chi connectivity index (χ4n) is 2.58. The summed E-state index contributed by atoms with van der Waals surface area (Å²) in [5.74, 6) is 1.91. The number of halogens is 1. The van der Waals surface area contributed by atoms with E-state index in [1.807, 2.05) is 7.05 Å². The van der Waals surface area contributed by atoms with E-state index in [9.17, 15) is 4.39 Å². The molecule has 1 aliphatic heterocycles. The molecule has 1 fully saturated rings. The van der Waals surface area contributed by atoms with Gasteiger partial charge in [0.15, 0.2) is 5.96 Å². The van der Waals surface area contributed by atoms with Gasteiger partial charge >= 0.3 is 0 Å². The topological polar surface area (TPSA) is 46.1 Å². The van der Waals surface area contributed by atoms with E-state index in [0.717, 1.165) is 45.1 Å². The van der Waals surface area contributed by atoms with Gasteiger partial charge in [-0.15, -0.1) is 0 Å². The quantitative estimate of drug-likeness (QED) is 0.474. The number of ether oxygens (including phenoxy) is 2. The van der Waals surface area contributed by atoms with Crippen LogP contribution in [0.25, 0.3) is 0 Å². The highest BCUT2D eigenvalue weighted by Gasteiger charge is 2.18. The third-order valence-electron chi connectivity index (χ3n) is 3.82. The van der Waals surface area contributed by atoms with Crippen molar-refractivity contribution in [1.29, 1.82) is 0 Å². The monoisotopic (exact) mass is 323 g/mol. The standard InChI is InChI=1S/C17H26FN3O2/c1-19-17(21(2)12-14-8-11-22-13-14)20-9-3-10-23-16-6-4-15(18)5-7-16/h4-7,14H,3,8-13H2,1-2H3,(H,19,20). The van der Waals surface area contributed by atoms with Crippen LogP contribution in [0.2, 0.25) is 0 Å². The molecule has 1 unspecified atom stereocenters. The zero-order valence-corrected chi connectivity index (χ0v) is 13.9. The first kappa shape index (κ1) is 17.5. The molecule has 23 heavy (non-hydrogen) atoms. The molecular formula is C17H26FN3O2. The van der Waals surface area contributed by atoms with Gasteiger partial charge in [0.25, 0.3) is 0 Å². The van der Waals surface area contributed by atoms with E-state index in [2.05, 4.69) is 15.2 Å². The van der Waals surface area contributed by atoms with Gasteiger partial charge in [-0.2, -0.15) is 0 Å². The average molecular weight is 323 g/mol. The number of aliphatic imine (C=N–C) groups is 1. The van der Waals surface area contributed by atoms with E-state index in [-0.39, 0.29) is 5.82 Å². The van der Waals surface area contributed by atoms with Crippen LogP contribution >= 0.6 is 0 Å². The van der Waals surface area contributed by atoms with Crippen LogP contribution in [0, 0.1) is 11.7 Å². The van der Waals surface area contributed by atoms with Gasteiger partial charge in [-0.05, 0) is 37.1 Å². The van der Waals surface area contributed by atoms with E-state index in [0.29, 0.717) is 18.3 Å². The Bertz CT molecular complexity index is 487. The van der Waals surface area contributed by atoms with E-state index >= 15 is 0 Å². The molecule has 0 aromatic heterocycles. The Morgan fingerprint density at radius 3 is 2.87 bits per heavy atom. The number of guanidine groups is 1. The first-order valence-corrected chi connectivity index (χ1v) is 8.07. The minimum Gasteiger partial charge on any atom is -0.494 e. The molecule has 1 aromatic carbocycles. The Balaban J connectivity index is 1.62. The highest BCUT2D eigenvalue weighted by atomic mass is 19.1. The van der Waals surface area contributed by atoms with E-state index in [4.69, 9.17) is 9.47 Å². The van der Waals surface area contributed by atoms with Gasteiger partial charge in [-0.1, -0.05) is 0 Å². The molecule has 2 rings (SSSR count). The van der Waals surface area contributed by atoms with Crippen molar-refractivity contribution in [2.75, 3.05) is 47.0 Å². The maximum Gasteiger partial charge on any atom is 0.193 e. The first-order chi connectivity index (χ1) is 11.2. The van der Waals surface area contributed by atoms with Gasteiger partial charge in [0.05, 0.1) is 13.2 Å². The van der Waals surface area contributed by atoms with E-state index in [1.54, 1.807) is 19.2 Å². The normalized spacial score (nSPS) is 18.0. The lowest BCUT2D eigenvalue weighted by Crippen LogP contribution is -2.42. The van der Waals surface area contributed by atoms with Crippen molar-refractivity contribution in [3.63, 3.8) is 0 Å². The minimum atomic E-state index is -0.251. The lowest BCUT2D eigenvalue weighted by Gasteiger charge is -2.24. The summed E-state index contributed by atoms with van der Waals surface area (Å²) in [6.45, 7) is 4.01.